The molecule has 21 heavy (non-hydrogen) atoms. The first kappa shape index (κ1) is 15.9. The number of carbonyl (C=O) groups excluding carboxylic acids is 1. The Hall–Kier alpha value is -1.45. The summed E-state index contributed by atoms with van der Waals surface area (Å²) in [5, 5.41) is 0.608. The molecule has 1 atom stereocenters. The van der Waals surface area contributed by atoms with Crippen molar-refractivity contribution in [2.24, 2.45) is 0 Å². The summed E-state index contributed by atoms with van der Waals surface area (Å²) < 4.78 is 0. The first-order chi connectivity index (χ1) is 10.1. The van der Waals surface area contributed by atoms with Crippen molar-refractivity contribution in [2.75, 3.05) is 11.9 Å². The highest BCUT2D eigenvalue weighted by molar-refractivity contribution is 8.00. The number of hydrogen-bond acceptors (Lipinski definition) is 2. The van der Waals surface area contributed by atoms with Crippen molar-refractivity contribution in [3.63, 3.8) is 0 Å². The first-order valence-electron chi connectivity index (χ1n) is 6.86. The monoisotopic (exact) mass is 319 g/mol. The number of halogens is 1. The molecule has 2 nitrogen and oxygen atoms in total. The second kappa shape index (κ2) is 7.53. The lowest BCUT2D eigenvalue weighted by molar-refractivity contribution is -0.117. The van der Waals surface area contributed by atoms with Crippen molar-refractivity contribution in [3.8, 4) is 0 Å². The van der Waals surface area contributed by atoms with Crippen molar-refractivity contribution in [1.29, 1.82) is 0 Å². The Morgan fingerprint density at radius 1 is 1.14 bits per heavy atom. The van der Waals surface area contributed by atoms with Gasteiger partial charge in [-0.1, -0.05) is 36.7 Å². The number of anilines is 1. The van der Waals surface area contributed by atoms with Crippen molar-refractivity contribution < 1.29 is 4.79 Å². The fourth-order valence-corrected chi connectivity index (χ4v) is 3.15. The molecule has 0 aliphatic carbocycles. The number of para-hydroxylation sites is 1. The van der Waals surface area contributed by atoms with E-state index in [4.69, 9.17) is 11.6 Å². The standard InChI is InChI=1S/C17H18ClNOS/c1-3-16(21-15-11-9-13(18)10-12-15)17(20)19(2)14-7-5-4-6-8-14/h4-12,16H,3H2,1-2H3/t16-/m1/s1. The molecule has 2 aromatic rings. The molecule has 0 saturated carbocycles. The van der Waals surface area contributed by atoms with Gasteiger partial charge in [0.2, 0.25) is 5.91 Å². The normalized spacial score (nSPS) is 12.0. The van der Waals surface area contributed by atoms with E-state index in [1.54, 1.807) is 16.7 Å². The van der Waals surface area contributed by atoms with Crippen LogP contribution in [0.25, 0.3) is 0 Å². The van der Waals surface area contributed by atoms with Gasteiger partial charge in [-0.2, -0.15) is 0 Å². The predicted molar refractivity (Wildman–Crippen MR) is 91.2 cm³/mol. The molecule has 0 N–H and O–H groups in total. The van der Waals surface area contributed by atoms with Crippen LogP contribution in [0.15, 0.2) is 59.5 Å². The fraction of sp³-hybridized carbons (Fsp3) is 0.235. The van der Waals surface area contributed by atoms with Crippen LogP contribution in [0.4, 0.5) is 5.69 Å². The molecule has 0 unspecified atom stereocenters. The number of hydrogen-bond donors (Lipinski definition) is 0. The van der Waals surface area contributed by atoms with E-state index in [1.165, 1.54) is 0 Å². The van der Waals surface area contributed by atoms with Crippen LogP contribution in [0.1, 0.15) is 13.3 Å². The van der Waals surface area contributed by atoms with E-state index in [0.29, 0.717) is 5.02 Å². The molecule has 110 valence electrons. The Balaban J connectivity index is 2.09. The maximum absolute atomic E-state index is 12.6. The molecule has 2 aromatic carbocycles. The number of carbonyl (C=O) groups is 1. The van der Waals surface area contributed by atoms with Gasteiger partial charge in [0.1, 0.15) is 0 Å². The third-order valence-corrected chi connectivity index (χ3v) is 4.83. The van der Waals surface area contributed by atoms with Gasteiger partial charge in [-0.15, -0.1) is 11.8 Å². The maximum atomic E-state index is 12.6. The smallest absolute Gasteiger partial charge is 0.240 e. The zero-order chi connectivity index (χ0) is 15.2. The summed E-state index contributed by atoms with van der Waals surface area (Å²) in [5.41, 5.74) is 0.914. The Morgan fingerprint density at radius 2 is 1.76 bits per heavy atom. The third kappa shape index (κ3) is 4.26. The maximum Gasteiger partial charge on any atom is 0.240 e. The van der Waals surface area contributed by atoms with Gasteiger partial charge in [-0.3, -0.25) is 4.79 Å². The van der Waals surface area contributed by atoms with Gasteiger partial charge >= 0.3 is 0 Å². The summed E-state index contributed by atoms with van der Waals surface area (Å²) in [4.78, 5) is 15.4. The molecule has 0 aliphatic heterocycles. The molecular weight excluding hydrogens is 302 g/mol. The van der Waals surface area contributed by atoms with E-state index in [-0.39, 0.29) is 11.2 Å². The average Bonchev–Trinajstić information content (AvgIpc) is 2.54. The van der Waals surface area contributed by atoms with Gasteiger partial charge in [0.05, 0.1) is 5.25 Å². The summed E-state index contributed by atoms with van der Waals surface area (Å²) in [7, 11) is 1.82. The minimum atomic E-state index is -0.101. The molecular formula is C17H18ClNOS. The van der Waals surface area contributed by atoms with Crippen molar-refractivity contribution in [3.05, 3.63) is 59.6 Å². The van der Waals surface area contributed by atoms with Crippen LogP contribution in [-0.4, -0.2) is 18.2 Å². The van der Waals surface area contributed by atoms with Crippen LogP contribution >= 0.6 is 23.4 Å². The molecule has 0 heterocycles. The van der Waals surface area contributed by atoms with E-state index in [0.717, 1.165) is 17.0 Å². The molecule has 2 rings (SSSR count). The highest BCUT2D eigenvalue weighted by Gasteiger charge is 2.22. The van der Waals surface area contributed by atoms with Crippen LogP contribution < -0.4 is 4.90 Å². The van der Waals surface area contributed by atoms with Crippen LogP contribution in [0, 0.1) is 0 Å². The van der Waals surface area contributed by atoms with Crippen molar-refractivity contribution in [2.45, 2.75) is 23.5 Å². The van der Waals surface area contributed by atoms with Crippen LogP contribution in [0.2, 0.25) is 5.02 Å². The Kier molecular flexibility index (Phi) is 5.71. The van der Waals surface area contributed by atoms with Gasteiger partial charge in [0.25, 0.3) is 0 Å². The number of nitrogens with zero attached hydrogens (tertiary/aromatic N) is 1. The Bertz CT molecular complexity index is 585. The second-order valence-electron chi connectivity index (χ2n) is 4.70. The Labute approximate surface area is 135 Å². The average molecular weight is 320 g/mol. The van der Waals surface area contributed by atoms with E-state index in [2.05, 4.69) is 0 Å². The zero-order valence-corrected chi connectivity index (χ0v) is 13.7. The lowest BCUT2D eigenvalue weighted by Gasteiger charge is -2.22. The molecule has 0 aromatic heterocycles. The Morgan fingerprint density at radius 3 is 2.33 bits per heavy atom. The molecule has 0 aliphatic rings. The van der Waals surface area contributed by atoms with Gasteiger partial charge in [-0.25, -0.2) is 0 Å². The van der Waals surface area contributed by atoms with E-state index < -0.39 is 0 Å². The largest absolute Gasteiger partial charge is 0.315 e. The van der Waals surface area contributed by atoms with Crippen LogP contribution in [-0.2, 0) is 4.79 Å². The SMILES string of the molecule is CC[C@@H](Sc1ccc(Cl)cc1)C(=O)N(C)c1ccccc1. The van der Waals surface area contributed by atoms with Gasteiger partial charge in [-0.05, 0) is 42.8 Å². The van der Waals surface area contributed by atoms with Gasteiger partial charge in [0.15, 0.2) is 0 Å². The third-order valence-electron chi connectivity index (χ3n) is 3.21. The quantitative estimate of drug-likeness (QED) is 0.732. The summed E-state index contributed by atoms with van der Waals surface area (Å²) >= 11 is 7.47. The van der Waals surface area contributed by atoms with Crippen LogP contribution in [0.3, 0.4) is 0 Å². The number of benzene rings is 2. The van der Waals surface area contributed by atoms with E-state index >= 15 is 0 Å². The zero-order valence-electron chi connectivity index (χ0n) is 12.1. The molecule has 0 saturated heterocycles. The highest BCUT2D eigenvalue weighted by Crippen LogP contribution is 2.28. The highest BCUT2D eigenvalue weighted by atomic mass is 35.5. The first-order valence-corrected chi connectivity index (χ1v) is 8.12. The second-order valence-corrected chi connectivity index (χ2v) is 6.41. The van der Waals surface area contributed by atoms with Gasteiger partial charge in [0, 0.05) is 22.7 Å². The molecule has 0 fully saturated rings. The summed E-state index contributed by atoms with van der Waals surface area (Å²) in [5.74, 6) is 0.114. The minimum absolute atomic E-state index is 0.101. The summed E-state index contributed by atoms with van der Waals surface area (Å²) in [6, 6.07) is 17.3. The molecule has 0 spiro atoms. The molecule has 1 amide bonds. The topological polar surface area (TPSA) is 20.3 Å². The van der Waals surface area contributed by atoms with Gasteiger partial charge < -0.3 is 4.90 Å². The number of rotatable bonds is 5. The van der Waals surface area contributed by atoms with Crippen molar-refractivity contribution >= 4 is 35.0 Å². The molecule has 0 bridgehead atoms. The molecule has 4 heteroatoms. The number of thioether (sulfide) groups is 1. The lowest BCUT2D eigenvalue weighted by Crippen LogP contribution is -2.34. The lowest BCUT2D eigenvalue weighted by atomic mass is 10.2. The summed E-state index contributed by atoms with van der Waals surface area (Å²) in [6.07, 6.45) is 0.781. The van der Waals surface area contributed by atoms with Crippen molar-refractivity contribution in [1.82, 2.24) is 0 Å². The minimum Gasteiger partial charge on any atom is -0.315 e. The van der Waals surface area contributed by atoms with E-state index in [9.17, 15) is 4.79 Å². The van der Waals surface area contributed by atoms with Crippen LogP contribution in [0.5, 0.6) is 0 Å². The number of amides is 1. The van der Waals surface area contributed by atoms with E-state index in [1.807, 2.05) is 68.6 Å². The predicted octanol–water partition coefficient (Wildman–Crippen LogP) is 4.87. The molecule has 0 radical (unpaired) electrons. The fourth-order valence-electron chi connectivity index (χ4n) is 1.98. The summed E-state index contributed by atoms with van der Waals surface area (Å²) in [6.45, 7) is 2.03.